The Kier molecular flexibility index (Phi) is 3.90. The smallest absolute Gasteiger partial charge is 0.340 e. The number of hydrogen-bond acceptors (Lipinski definition) is 3. The fraction of sp³-hybridized carbons (Fsp3) is 0.250. The van der Waals surface area contributed by atoms with Crippen LogP contribution in [0.25, 0.3) is 11.1 Å². The lowest BCUT2D eigenvalue weighted by atomic mass is 9.99. The molecule has 2 aromatic rings. The topological polar surface area (TPSA) is 65.9 Å². The first-order valence-corrected chi connectivity index (χ1v) is 6.42. The molecule has 1 aromatic heterocycles. The molecule has 0 aliphatic rings. The number of aromatic nitrogens is 1. The zero-order valence-electron chi connectivity index (χ0n) is 11.8. The first-order chi connectivity index (χ1) is 9.62. The van der Waals surface area contributed by atoms with E-state index in [1.165, 1.54) is 7.11 Å². The van der Waals surface area contributed by atoms with Crippen molar-refractivity contribution in [1.29, 1.82) is 5.26 Å². The zero-order valence-corrected chi connectivity index (χ0v) is 11.8. The summed E-state index contributed by atoms with van der Waals surface area (Å²) in [4.78, 5) is 15.3. The van der Waals surface area contributed by atoms with Gasteiger partial charge in [0.15, 0.2) is 0 Å². The van der Waals surface area contributed by atoms with Crippen molar-refractivity contribution in [3.05, 3.63) is 46.8 Å². The molecule has 0 fully saturated rings. The third-order valence-corrected chi connectivity index (χ3v) is 3.31. The molecule has 0 aliphatic carbocycles. The lowest BCUT2D eigenvalue weighted by molar-refractivity contribution is 0.0600. The summed E-state index contributed by atoms with van der Waals surface area (Å²) in [5, 5.41) is 8.85. The maximum atomic E-state index is 12.0. The van der Waals surface area contributed by atoms with Crippen LogP contribution in [0.4, 0.5) is 0 Å². The van der Waals surface area contributed by atoms with Gasteiger partial charge in [0.2, 0.25) is 0 Å². The summed E-state index contributed by atoms with van der Waals surface area (Å²) < 4.78 is 4.89. The second kappa shape index (κ2) is 5.62. The maximum absolute atomic E-state index is 12.0. The minimum atomic E-state index is -0.342. The number of aryl methyl sites for hydroxylation is 2. The van der Waals surface area contributed by atoms with Crippen LogP contribution in [0.2, 0.25) is 0 Å². The predicted molar refractivity (Wildman–Crippen MR) is 76.4 cm³/mol. The number of carbonyl (C=O) groups is 1. The van der Waals surface area contributed by atoms with Crippen molar-refractivity contribution >= 4 is 5.97 Å². The molecule has 0 atom stereocenters. The van der Waals surface area contributed by atoms with E-state index in [-0.39, 0.29) is 5.97 Å². The molecule has 0 spiro atoms. The van der Waals surface area contributed by atoms with E-state index < -0.39 is 0 Å². The molecular formula is C16H16N2O2. The molecule has 2 rings (SSSR count). The molecule has 1 heterocycles. The van der Waals surface area contributed by atoms with Gasteiger partial charge in [0.25, 0.3) is 0 Å². The number of aromatic amines is 1. The summed E-state index contributed by atoms with van der Waals surface area (Å²) in [6, 6.07) is 9.27. The van der Waals surface area contributed by atoms with E-state index in [1.807, 2.05) is 26.0 Å². The van der Waals surface area contributed by atoms with Crippen LogP contribution in [-0.4, -0.2) is 18.1 Å². The van der Waals surface area contributed by atoms with Crippen LogP contribution in [0.15, 0.2) is 24.3 Å². The minimum Gasteiger partial charge on any atom is -0.465 e. The number of methoxy groups -OCH3 is 1. The minimum absolute atomic E-state index is 0.342. The molecule has 20 heavy (non-hydrogen) atoms. The van der Waals surface area contributed by atoms with Crippen LogP contribution < -0.4 is 0 Å². The first kappa shape index (κ1) is 13.9. The monoisotopic (exact) mass is 268 g/mol. The van der Waals surface area contributed by atoms with Gasteiger partial charge in [-0.25, -0.2) is 4.79 Å². The molecule has 0 amide bonds. The molecule has 4 nitrogen and oxygen atoms in total. The Hall–Kier alpha value is -2.54. The Morgan fingerprint density at radius 1 is 1.35 bits per heavy atom. The van der Waals surface area contributed by atoms with E-state index in [9.17, 15) is 4.79 Å². The van der Waals surface area contributed by atoms with Gasteiger partial charge in [0.1, 0.15) is 0 Å². The van der Waals surface area contributed by atoms with Gasteiger partial charge in [-0.1, -0.05) is 19.1 Å². The molecule has 0 bridgehead atoms. The van der Waals surface area contributed by atoms with Gasteiger partial charge in [0, 0.05) is 17.0 Å². The lowest BCUT2D eigenvalue weighted by Crippen LogP contribution is -2.05. The van der Waals surface area contributed by atoms with Crippen molar-refractivity contribution in [3.8, 4) is 17.2 Å². The number of nitriles is 1. The Labute approximate surface area is 118 Å². The largest absolute Gasteiger partial charge is 0.465 e. The normalized spacial score (nSPS) is 10.1. The lowest BCUT2D eigenvalue weighted by Gasteiger charge is -2.06. The summed E-state index contributed by atoms with van der Waals surface area (Å²) in [5.74, 6) is -0.342. The van der Waals surface area contributed by atoms with E-state index in [0.717, 1.165) is 28.9 Å². The Bertz CT molecular complexity index is 676. The predicted octanol–water partition coefficient (Wildman–Crippen LogP) is 3.21. The van der Waals surface area contributed by atoms with E-state index >= 15 is 0 Å². The highest BCUT2D eigenvalue weighted by atomic mass is 16.5. The highest BCUT2D eigenvalue weighted by Crippen LogP contribution is 2.31. The van der Waals surface area contributed by atoms with Gasteiger partial charge >= 0.3 is 5.97 Å². The molecule has 4 heteroatoms. The quantitative estimate of drug-likeness (QED) is 0.869. The highest BCUT2D eigenvalue weighted by molar-refractivity contribution is 5.99. The SMILES string of the molecule is CCc1[nH]c(C)c(-c2ccc(C#N)cc2)c1C(=O)OC. The van der Waals surface area contributed by atoms with Crippen LogP contribution in [0, 0.1) is 18.3 Å². The number of nitrogens with zero attached hydrogens (tertiary/aromatic N) is 1. The molecule has 0 radical (unpaired) electrons. The average molecular weight is 268 g/mol. The van der Waals surface area contributed by atoms with E-state index in [4.69, 9.17) is 10.00 Å². The highest BCUT2D eigenvalue weighted by Gasteiger charge is 2.22. The van der Waals surface area contributed by atoms with Gasteiger partial charge in [0.05, 0.1) is 24.3 Å². The number of ether oxygens (including phenoxy) is 1. The van der Waals surface area contributed by atoms with Gasteiger partial charge in [-0.2, -0.15) is 5.26 Å². The first-order valence-electron chi connectivity index (χ1n) is 6.42. The van der Waals surface area contributed by atoms with E-state index in [1.54, 1.807) is 12.1 Å². The van der Waals surface area contributed by atoms with Crippen LogP contribution in [0.1, 0.15) is 34.2 Å². The van der Waals surface area contributed by atoms with Gasteiger partial charge < -0.3 is 9.72 Å². The van der Waals surface area contributed by atoms with Crippen LogP contribution in [-0.2, 0) is 11.2 Å². The van der Waals surface area contributed by atoms with Gasteiger partial charge in [-0.3, -0.25) is 0 Å². The third kappa shape index (κ3) is 2.30. The standard InChI is InChI=1S/C16H16N2O2/c1-4-13-15(16(19)20-3)14(10(2)18-13)12-7-5-11(9-17)6-8-12/h5-8,18H,4H2,1-3H3. The molecule has 102 valence electrons. The fourth-order valence-corrected chi connectivity index (χ4v) is 2.35. The summed E-state index contributed by atoms with van der Waals surface area (Å²) in [6.07, 6.45) is 0.724. The fourth-order valence-electron chi connectivity index (χ4n) is 2.35. The summed E-state index contributed by atoms with van der Waals surface area (Å²) in [7, 11) is 1.38. The maximum Gasteiger partial charge on any atom is 0.340 e. The van der Waals surface area contributed by atoms with Crippen LogP contribution in [0.3, 0.4) is 0 Å². The number of esters is 1. The van der Waals surface area contributed by atoms with Crippen molar-refractivity contribution in [2.45, 2.75) is 20.3 Å². The Morgan fingerprint density at radius 2 is 2.00 bits per heavy atom. The molecule has 0 unspecified atom stereocenters. The average Bonchev–Trinajstić information content (AvgIpc) is 2.83. The Morgan fingerprint density at radius 3 is 2.50 bits per heavy atom. The molecule has 1 N–H and O–H groups in total. The number of rotatable bonds is 3. The molecule has 0 aliphatic heterocycles. The van der Waals surface area contributed by atoms with Gasteiger partial charge in [-0.15, -0.1) is 0 Å². The molecule has 0 saturated carbocycles. The van der Waals surface area contributed by atoms with Crippen molar-refractivity contribution < 1.29 is 9.53 Å². The van der Waals surface area contributed by atoms with Crippen molar-refractivity contribution in [2.75, 3.05) is 7.11 Å². The number of hydrogen-bond donors (Lipinski definition) is 1. The number of H-pyrrole nitrogens is 1. The molecule has 1 aromatic carbocycles. The molecule has 0 saturated heterocycles. The second-order valence-electron chi connectivity index (χ2n) is 4.51. The van der Waals surface area contributed by atoms with Crippen molar-refractivity contribution in [1.82, 2.24) is 4.98 Å². The van der Waals surface area contributed by atoms with Crippen molar-refractivity contribution in [2.24, 2.45) is 0 Å². The summed E-state index contributed by atoms with van der Waals surface area (Å²) in [5.41, 5.74) is 4.71. The van der Waals surface area contributed by atoms with E-state index in [2.05, 4.69) is 11.1 Å². The number of nitrogens with one attached hydrogen (secondary N) is 1. The van der Waals surface area contributed by atoms with Crippen molar-refractivity contribution in [3.63, 3.8) is 0 Å². The zero-order chi connectivity index (χ0) is 14.7. The molecular weight excluding hydrogens is 252 g/mol. The van der Waals surface area contributed by atoms with Crippen LogP contribution >= 0.6 is 0 Å². The summed E-state index contributed by atoms with van der Waals surface area (Å²) in [6.45, 7) is 3.92. The van der Waals surface area contributed by atoms with E-state index in [0.29, 0.717) is 11.1 Å². The Balaban J connectivity index is 2.63. The summed E-state index contributed by atoms with van der Waals surface area (Å²) >= 11 is 0. The van der Waals surface area contributed by atoms with Crippen LogP contribution in [0.5, 0.6) is 0 Å². The number of carbonyl (C=O) groups excluding carboxylic acids is 1. The second-order valence-corrected chi connectivity index (χ2v) is 4.51. The number of benzene rings is 1. The third-order valence-electron chi connectivity index (χ3n) is 3.31. The van der Waals surface area contributed by atoms with Gasteiger partial charge in [-0.05, 0) is 31.0 Å².